The van der Waals surface area contributed by atoms with Crippen LogP contribution < -0.4 is 16.2 Å². The number of rotatable bonds is 2. The van der Waals surface area contributed by atoms with Crippen molar-refractivity contribution in [3.05, 3.63) is 64.7 Å². The summed E-state index contributed by atoms with van der Waals surface area (Å²) in [7, 11) is 0. The maximum Gasteiger partial charge on any atom is 0.328 e. The zero-order valence-corrected chi connectivity index (χ0v) is 13.4. The fourth-order valence-corrected chi connectivity index (χ4v) is 1.95. The molecule has 0 atom stereocenters. The van der Waals surface area contributed by atoms with Crippen LogP contribution in [0.4, 0.5) is 14.5 Å². The van der Waals surface area contributed by atoms with Crippen molar-refractivity contribution in [2.45, 2.75) is 13.8 Å². The van der Waals surface area contributed by atoms with Crippen molar-refractivity contribution in [3.8, 4) is 0 Å². The highest BCUT2D eigenvalue weighted by molar-refractivity contribution is 6.39. The molecule has 0 fully saturated rings. The largest absolute Gasteiger partial charge is 0.328 e. The fourth-order valence-electron chi connectivity index (χ4n) is 1.95. The lowest BCUT2D eigenvalue weighted by Gasteiger charge is -2.10. The molecule has 25 heavy (non-hydrogen) atoms. The van der Waals surface area contributed by atoms with Crippen LogP contribution in [0.15, 0.2) is 36.4 Å². The Kier molecular flexibility index (Phi) is 5.43. The number of hydrogen-bond donors (Lipinski definition) is 3. The number of carbonyl (C=O) groups is 3. The third-order valence-corrected chi connectivity index (χ3v) is 3.45. The number of amides is 3. The lowest BCUT2D eigenvalue weighted by molar-refractivity contribution is -0.136. The molecule has 0 aromatic heterocycles. The predicted molar refractivity (Wildman–Crippen MR) is 86.5 cm³/mol. The molecule has 0 saturated carbocycles. The SMILES string of the molecule is Cc1ccc(NC(=O)C(=O)NNC(=O)c2c(F)cccc2F)cc1C. The summed E-state index contributed by atoms with van der Waals surface area (Å²) in [5, 5.41) is 2.35. The summed E-state index contributed by atoms with van der Waals surface area (Å²) in [6.45, 7) is 3.74. The molecule has 0 unspecified atom stereocenters. The van der Waals surface area contributed by atoms with E-state index in [1.54, 1.807) is 29.1 Å². The van der Waals surface area contributed by atoms with Crippen LogP contribution in [0.3, 0.4) is 0 Å². The van der Waals surface area contributed by atoms with E-state index in [0.717, 1.165) is 29.3 Å². The minimum Gasteiger partial charge on any atom is -0.318 e. The predicted octanol–water partition coefficient (Wildman–Crippen LogP) is 1.98. The molecule has 3 amide bonds. The van der Waals surface area contributed by atoms with Gasteiger partial charge in [0.25, 0.3) is 5.91 Å². The van der Waals surface area contributed by atoms with Crippen LogP contribution in [0, 0.1) is 25.5 Å². The maximum atomic E-state index is 13.4. The molecule has 0 heterocycles. The third kappa shape index (κ3) is 4.37. The average Bonchev–Trinajstić information content (AvgIpc) is 2.55. The van der Waals surface area contributed by atoms with Gasteiger partial charge >= 0.3 is 11.8 Å². The normalized spacial score (nSPS) is 10.1. The van der Waals surface area contributed by atoms with E-state index in [2.05, 4.69) is 5.32 Å². The van der Waals surface area contributed by atoms with Crippen molar-refractivity contribution in [2.75, 3.05) is 5.32 Å². The Morgan fingerprint density at radius 1 is 0.840 bits per heavy atom. The molecule has 2 rings (SSSR count). The first-order valence-corrected chi connectivity index (χ1v) is 7.22. The zero-order valence-electron chi connectivity index (χ0n) is 13.4. The van der Waals surface area contributed by atoms with E-state index in [1.807, 2.05) is 13.8 Å². The van der Waals surface area contributed by atoms with Crippen LogP contribution in [-0.2, 0) is 9.59 Å². The van der Waals surface area contributed by atoms with Gasteiger partial charge in [-0.1, -0.05) is 12.1 Å². The number of anilines is 1. The van der Waals surface area contributed by atoms with Gasteiger partial charge in [0.2, 0.25) is 0 Å². The summed E-state index contributed by atoms with van der Waals surface area (Å²) in [5.74, 6) is -5.64. The standard InChI is InChI=1S/C17H15F2N3O3/c1-9-6-7-11(8-10(9)2)20-16(24)17(25)22-21-15(23)14-12(18)4-3-5-13(14)19/h3-8H,1-2H3,(H,20,24)(H,21,23)(H,22,25). The van der Waals surface area contributed by atoms with E-state index < -0.39 is 34.9 Å². The third-order valence-electron chi connectivity index (χ3n) is 3.45. The second-order valence-electron chi connectivity index (χ2n) is 5.26. The van der Waals surface area contributed by atoms with E-state index in [-0.39, 0.29) is 0 Å². The molecular formula is C17H15F2N3O3. The number of hydrazine groups is 1. The van der Waals surface area contributed by atoms with Crippen LogP contribution in [0.2, 0.25) is 0 Å². The average molecular weight is 347 g/mol. The smallest absolute Gasteiger partial charge is 0.318 e. The first-order valence-electron chi connectivity index (χ1n) is 7.22. The van der Waals surface area contributed by atoms with Gasteiger partial charge in [-0.3, -0.25) is 25.2 Å². The molecule has 0 saturated heterocycles. The lowest BCUT2D eigenvalue weighted by atomic mass is 10.1. The second-order valence-corrected chi connectivity index (χ2v) is 5.26. The van der Waals surface area contributed by atoms with E-state index in [4.69, 9.17) is 0 Å². The number of carbonyl (C=O) groups excluding carboxylic acids is 3. The monoisotopic (exact) mass is 347 g/mol. The van der Waals surface area contributed by atoms with E-state index >= 15 is 0 Å². The Hall–Kier alpha value is -3.29. The van der Waals surface area contributed by atoms with Crippen LogP contribution in [0.1, 0.15) is 21.5 Å². The molecular weight excluding hydrogens is 332 g/mol. The number of benzene rings is 2. The molecule has 0 radical (unpaired) electrons. The molecule has 8 heteroatoms. The van der Waals surface area contributed by atoms with E-state index in [1.165, 1.54) is 0 Å². The molecule has 0 aliphatic rings. The first kappa shape index (κ1) is 18.1. The summed E-state index contributed by atoms with van der Waals surface area (Å²) >= 11 is 0. The van der Waals surface area contributed by atoms with Gasteiger partial charge in [0.1, 0.15) is 17.2 Å². The number of hydrogen-bond acceptors (Lipinski definition) is 3. The van der Waals surface area contributed by atoms with Gasteiger partial charge in [-0.2, -0.15) is 0 Å². The second kappa shape index (κ2) is 7.52. The lowest BCUT2D eigenvalue weighted by Crippen LogP contribution is -2.47. The van der Waals surface area contributed by atoms with Crippen molar-refractivity contribution in [3.63, 3.8) is 0 Å². The molecule has 2 aromatic carbocycles. The number of nitrogens with one attached hydrogen (secondary N) is 3. The molecule has 0 bridgehead atoms. The Labute approximate surface area is 142 Å². The summed E-state index contributed by atoms with van der Waals surface area (Å²) in [5.41, 5.74) is 5.05. The minimum absolute atomic E-state index is 0.398. The molecule has 0 spiro atoms. The Morgan fingerprint density at radius 2 is 1.48 bits per heavy atom. The summed E-state index contributed by atoms with van der Waals surface area (Å²) < 4.78 is 26.9. The highest BCUT2D eigenvalue weighted by atomic mass is 19.1. The molecule has 3 N–H and O–H groups in total. The fraction of sp³-hybridized carbons (Fsp3) is 0.118. The van der Waals surface area contributed by atoms with Crippen LogP contribution in [0.5, 0.6) is 0 Å². The topological polar surface area (TPSA) is 87.3 Å². The summed E-state index contributed by atoms with van der Waals surface area (Å²) in [4.78, 5) is 35.2. The Balaban J connectivity index is 1.96. The van der Waals surface area contributed by atoms with E-state index in [0.29, 0.717) is 5.69 Å². The highest BCUT2D eigenvalue weighted by Crippen LogP contribution is 2.14. The maximum absolute atomic E-state index is 13.4. The minimum atomic E-state index is -1.22. The van der Waals surface area contributed by atoms with Gasteiger partial charge in [-0.05, 0) is 49.2 Å². The van der Waals surface area contributed by atoms with Gasteiger partial charge in [0.05, 0.1) is 0 Å². The number of aryl methyl sites for hydroxylation is 2. The summed E-state index contributed by atoms with van der Waals surface area (Å²) in [6.07, 6.45) is 0. The van der Waals surface area contributed by atoms with Gasteiger partial charge in [-0.25, -0.2) is 8.78 Å². The molecule has 0 aliphatic heterocycles. The van der Waals surface area contributed by atoms with Gasteiger partial charge in [-0.15, -0.1) is 0 Å². The number of halogens is 2. The molecule has 6 nitrogen and oxygen atoms in total. The van der Waals surface area contributed by atoms with Gasteiger partial charge in [0, 0.05) is 5.69 Å². The van der Waals surface area contributed by atoms with Crippen molar-refractivity contribution < 1.29 is 23.2 Å². The highest BCUT2D eigenvalue weighted by Gasteiger charge is 2.19. The molecule has 2 aromatic rings. The van der Waals surface area contributed by atoms with Crippen molar-refractivity contribution >= 4 is 23.4 Å². The first-order chi connectivity index (χ1) is 11.8. The van der Waals surface area contributed by atoms with Gasteiger partial charge < -0.3 is 5.32 Å². The molecule has 0 aliphatic carbocycles. The van der Waals surface area contributed by atoms with Crippen molar-refractivity contribution in [1.82, 2.24) is 10.9 Å². The zero-order chi connectivity index (χ0) is 18.6. The van der Waals surface area contributed by atoms with Crippen LogP contribution in [-0.4, -0.2) is 17.7 Å². The summed E-state index contributed by atoms with van der Waals surface area (Å²) in [6, 6.07) is 7.94. The quantitative estimate of drug-likeness (QED) is 0.573. The molecule has 130 valence electrons. The van der Waals surface area contributed by atoms with Crippen molar-refractivity contribution in [1.29, 1.82) is 0 Å². The van der Waals surface area contributed by atoms with Crippen LogP contribution >= 0.6 is 0 Å². The van der Waals surface area contributed by atoms with Crippen molar-refractivity contribution in [2.24, 2.45) is 0 Å². The Morgan fingerprint density at radius 3 is 2.08 bits per heavy atom. The Bertz CT molecular complexity index is 833. The van der Waals surface area contributed by atoms with Gasteiger partial charge in [0.15, 0.2) is 0 Å². The van der Waals surface area contributed by atoms with Crippen LogP contribution in [0.25, 0.3) is 0 Å². The van der Waals surface area contributed by atoms with E-state index in [9.17, 15) is 23.2 Å².